The minimum absolute atomic E-state index is 0.0856. The Morgan fingerprint density at radius 3 is 2.67 bits per heavy atom. The number of aryl methyl sites for hydroxylation is 1. The largest absolute Gasteiger partial charge is 0.474 e. The lowest BCUT2D eigenvalue weighted by Gasteiger charge is -2.24. The number of hydrogen-bond donors (Lipinski definition) is 4. The molecule has 1 amide bonds. The topological polar surface area (TPSA) is 119 Å². The molecule has 2 aromatic heterocycles. The zero-order valence-electron chi connectivity index (χ0n) is 23.4. The molecular formula is C28H32F5N7O2. The van der Waals surface area contributed by atoms with Crippen molar-refractivity contribution >= 4 is 17.3 Å². The third-order valence-corrected chi connectivity index (χ3v) is 6.71. The summed E-state index contributed by atoms with van der Waals surface area (Å²) < 4.78 is 81.4. The van der Waals surface area contributed by atoms with Gasteiger partial charge in [-0.25, -0.2) is 13.8 Å². The zero-order chi connectivity index (χ0) is 30.8. The number of carbonyl (C=O) groups excluding carboxylic acids is 1. The molecule has 9 nitrogen and oxygen atoms in total. The molecule has 1 aromatic carbocycles. The number of hydrogen-bond acceptors (Lipinski definition) is 7. The van der Waals surface area contributed by atoms with E-state index in [1.165, 1.54) is 0 Å². The highest BCUT2D eigenvalue weighted by atomic mass is 19.4. The van der Waals surface area contributed by atoms with Gasteiger partial charge in [-0.1, -0.05) is 12.2 Å². The van der Waals surface area contributed by atoms with E-state index in [0.29, 0.717) is 37.8 Å². The summed E-state index contributed by atoms with van der Waals surface area (Å²) in [5, 5.41) is 12.9. The first kappa shape index (κ1) is 30.8. The van der Waals surface area contributed by atoms with Crippen molar-refractivity contribution in [3.8, 4) is 17.1 Å². The van der Waals surface area contributed by atoms with E-state index in [1.807, 2.05) is 6.92 Å². The van der Waals surface area contributed by atoms with E-state index in [-0.39, 0.29) is 18.7 Å². The van der Waals surface area contributed by atoms with Crippen molar-refractivity contribution in [2.45, 2.75) is 52.6 Å². The minimum atomic E-state index is -5.09. The first-order chi connectivity index (χ1) is 19.8. The average molecular weight is 594 g/mol. The standard InChI is InChI=1S/C28H32F5N7O2/c1-5-40-9-6-17(39-40)13-37-25-20-26(41)36-8-7-35-12-14(2)10-15(3)42-27(20)38-24(23(25)30)18-11-19(34)22(29)16(4)21(18)28(31,32)33/h6,9,11,15,35H,2,5,7-8,10,12-13,34H2,1,3-4H3,(H,36,41)(H,37,38)/t15-/m0/s1. The van der Waals surface area contributed by atoms with E-state index in [0.717, 1.165) is 12.5 Å². The van der Waals surface area contributed by atoms with Crippen LogP contribution in [0.5, 0.6) is 5.88 Å². The summed E-state index contributed by atoms with van der Waals surface area (Å²) >= 11 is 0. The Bertz CT molecular complexity index is 1500. The summed E-state index contributed by atoms with van der Waals surface area (Å²) in [6.45, 7) is 9.89. The zero-order valence-corrected chi connectivity index (χ0v) is 23.4. The van der Waals surface area contributed by atoms with Crippen LogP contribution in [0.25, 0.3) is 11.3 Å². The first-order valence-corrected chi connectivity index (χ1v) is 13.3. The number of aromatic nitrogens is 3. The maximum Gasteiger partial charge on any atom is 0.417 e. The van der Waals surface area contributed by atoms with Crippen molar-refractivity contribution in [2.24, 2.45) is 0 Å². The summed E-state index contributed by atoms with van der Waals surface area (Å²) in [6.07, 6.45) is -3.72. The van der Waals surface area contributed by atoms with Gasteiger partial charge in [0.1, 0.15) is 23.2 Å². The molecule has 0 bridgehead atoms. The lowest BCUT2D eigenvalue weighted by molar-refractivity contribution is -0.137. The van der Waals surface area contributed by atoms with E-state index < -0.39 is 69.5 Å². The third kappa shape index (κ3) is 6.48. The molecule has 14 heteroatoms. The first-order valence-electron chi connectivity index (χ1n) is 13.3. The molecular weight excluding hydrogens is 561 g/mol. The van der Waals surface area contributed by atoms with Gasteiger partial charge in [-0.3, -0.25) is 9.48 Å². The second kappa shape index (κ2) is 12.3. The predicted molar refractivity (Wildman–Crippen MR) is 148 cm³/mol. The van der Waals surface area contributed by atoms with Gasteiger partial charge in [-0.2, -0.15) is 18.3 Å². The molecule has 3 heterocycles. The van der Waals surface area contributed by atoms with Gasteiger partial charge >= 0.3 is 6.18 Å². The molecule has 0 radical (unpaired) electrons. The van der Waals surface area contributed by atoms with Gasteiger partial charge in [-0.05, 0) is 38.5 Å². The fraction of sp³-hybridized carbons (Fsp3) is 0.393. The van der Waals surface area contributed by atoms with Crippen LogP contribution in [0.4, 0.5) is 33.3 Å². The molecule has 0 fully saturated rings. The van der Waals surface area contributed by atoms with Crippen molar-refractivity contribution in [2.75, 3.05) is 30.7 Å². The quantitative estimate of drug-likeness (QED) is 0.191. The van der Waals surface area contributed by atoms with Gasteiger partial charge in [0, 0.05) is 44.4 Å². The van der Waals surface area contributed by atoms with Crippen LogP contribution < -0.4 is 26.4 Å². The molecule has 4 rings (SSSR count). The monoisotopic (exact) mass is 593 g/mol. The molecule has 1 aliphatic heterocycles. The maximum absolute atomic E-state index is 16.4. The van der Waals surface area contributed by atoms with Crippen LogP contribution in [-0.4, -0.2) is 46.4 Å². The summed E-state index contributed by atoms with van der Waals surface area (Å²) in [7, 11) is 0. The fourth-order valence-corrected chi connectivity index (χ4v) is 4.74. The molecule has 0 aliphatic carbocycles. The Labute approximate surface area is 239 Å². The lowest BCUT2D eigenvalue weighted by Crippen LogP contribution is -2.35. The molecule has 1 atom stereocenters. The second-order valence-electron chi connectivity index (χ2n) is 9.99. The summed E-state index contributed by atoms with van der Waals surface area (Å²) in [4.78, 5) is 17.5. The Hall–Kier alpha value is -4.20. The van der Waals surface area contributed by atoms with Gasteiger partial charge < -0.3 is 26.4 Å². The molecule has 0 spiro atoms. The maximum atomic E-state index is 16.4. The number of nitrogens with one attached hydrogen (secondary N) is 3. The van der Waals surface area contributed by atoms with Gasteiger partial charge in [0.2, 0.25) is 5.88 Å². The molecule has 1 aliphatic rings. The van der Waals surface area contributed by atoms with Gasteiger partial charge in [0.05, 0.1) is 29.2 Å². The second-order valence-corrected chi connectivity index (χ2v) is 9.99. The van der Waals surface area contributed by atoms with Crippen molar-refractivity contribution < 1.29 is 31.5 Å². The lowest BCUT2D eigenvalue weighted by atomic mass is 9.95. The average Bonchev–Trinajstić information content (AvgIpc) is 3.37. The van der Waals surface area contributed by atoms with Crippen molar-refractivity contribution in [1.29, 1.82) is 0 Å². The van der Waals surface area contributed by atoms with E-state index >= 15 is 4.39 Å². The van der Waals surface area contributed by atoms with Crippen LogP contribution in [0.1, 0.15) is 47.4 Å². The number of carbonyl (C=O) groups is 1. The number of pyridine rings is 1. The van der Waals surface area contributed by atoms with Gasteiger partial charge in [-0.15, -0.1) is 0 Å². The number of benzene rings is 1. The fourth-order valence-electron chi connectivity index (χ4n) is 4.74. The molecule has 0 unspecified atom stereocenters. The third-order valence-electron chi connectivity index (χ3n) is 6.71. The summed E-state index contributed by atoms with van der Waals surface area (Å²) in [6, 6.07) is 2.35. The number of anilines is 2. The van der Waals surface area contributed by atoms with E-state index in [9.17, 15) is 22.4 Å². The van der Waals surface area contributed by atoms with Crippen molar-refractivity contribution in [3.05, 3.63) is 64.5 Å². The highest BCUT2D eigenvalue weighted by molar-refractivity contribution is 6.03. The van der Waals surface area contributed by atoms with Crippen molar-refractivity contribution in [1.82, 2.24) is 25.4 Å². The van der Waals surface area contributed by atoms with Gasteiger partial charge in [0.25, 0.3) is 5.91 Å². The summed E-state index contributed by atoms with van der Waals surface area (Å²) in [5.41, 5.74) is 1.64. The SMILES string of the molecule is C=C1CNCCNC(=O)c2c(nc(-c3cc(N)c(F)c(C)c3C(F)(F)F)c(F)c2NCc2ccn(CC)n2)O[C@@H](C)C1. The molecule has 0 saturated carbocycles. The molecule has 226 valence electrons. The van der Waals surface area contributed by atoms with Crippen LogP contribution in [0.3, 0.4) is 0 Å². The van der Waals surface area contributed by atoms with Gasteiger partial charge in [0.15, 0.2) is 5.82 Å². The predicted octanol–water partition coefficient (Wildman–Crippen LogP) is 4.81. The number of alkyl halides is 3. The molecule has 42 heavy (non-hydrogen) atoms. The number of nitrogens with zero attached hydrogens (tertiary/aromatic N) is 3. The number of halogens is 5. The highest BCUT2D eigenvalue weighted by Gasteiger charge is 2.39. The smallest absolute Gasteiger partial charge is 0.417 e. The molecule has 3 aromatic rings. The van der Waals surface area contributed by atoms with Crippen LogP contribution in [0.2, 0.25) is 0 Å². The normalized spacial score (nSPS) is 16.6. The molecule has 0 saturated heterocycles. The Kier molecular flexibility index (Phi) is 9.04. The molecule has 5 N–H and O–H groups in total. The Balaban J connectivity index is 1.98. The number of fused-ring (bicyclic) bond motifs is 1. The van der Waals surface area contributed by atoms with E-state index in [2.05, 4.69) is 32.6 Å². The Morgan fingerprint density at radius 2 is 2.00 bits per heavy atom. The number of amides is 1. The van der Waals surface area contributed by atoms with Crippen LogP contribution in [0, 0.1) is 18.6 Å². The van der Waals surface area contributed by atoms with Crippen molar-refractivity contribution in [3.63, 3.8) is 0 Å². The highest BCUT2D eigenvalue weighted by Crippen LogP contribution is 2.44. The Morgan fingerprint density at radius 1 is 1.26 bits per heavy atom. The van der Waals surface area contributed by atoms with Crippen LogP contribution >= 0.6 is 0 Å². The van der Waals surface area contributed by atoms with E-state index in [4.69, 9.17) is 10.5 Å². The van der Waals surface area contributed by atoms with Crippen LogP contribution in [0.15, 0.2) is 30.5 Å². The number of nitrogen functional groups attached to an aromatic ring is 1. The van der Waals surface area contributed by atoms with Crippen LogP contribution in [-0.2, 0) is 19.3 Å². The minimum Gasteiger partial charge on any atom is -0.474 e. The number of rotatable bonds is 5. The summed E-state index contributed by atoms with van der Waals surface area (Å²) in [5.74, 6) is -3.73. The van der Waals surface area contributed by atoms with E-state index in [1.54, 1.807) is 23.9 Å². The number of ether oxygens (including phenoxy) is 1. The number of nitrogens with two attached hydrogens (primary N) is 1.